The Balaban J connectivity index is 1.42. The van der Waals surface area contributed by atoms with Crippen molar-refractivity contribution in [3.8, 4) is 0 Å². The number of benzene rings is 1. The van der Waals surface area contributed by atoms with Gasteiger partial charge in [0.2, 0.25) is 0 Å². The summed E-state index contributed by atoms with van der Waals surface area (Å²) in [5, 5.41) is 2.96. The zero-order chi connectivity index (χ0) is 16.5. The minimum Gasteiger partial charge on any atom is -0.350 e. The molecular formula is C19H20N4O. The van der Waals surface area contributed by atoms with Crippen LogP contribution >= 0.6 is 0 Å². The summed E-state index contributed by atoms with van der Waals surface area (Å²) in [6, 6.07) is 8.58. The topological polar surface area (TPSA) is 59.3 Å². The standard InChI is InChI=1S/C19H20N4O/c1-13-8-10-23-12-21-17(18(23)22-13)19(24)20-9-7-14-5-6-15-3-2-4-16(15)11-14/h5-6,8,10-12H,2-4,7,9H2,1H3,(H,20,24). The Labute approximate surface area is 140 Å². The van der Waals surface area contributed by atoms with Crippen molar-refractivity contribution in [2.75, 3.05) is 6.54 Å². The van der Waals surface area contributed by atoms with Crippen LogP contribution in [0.2, 0.25) is 0 Å². The first-order valence-corrected chi connectivity index (χ1v) is 8.40. The summed E-state index contributed by atoms with van der Waals surface area (Å²) in [4.78, 5) is 21.0. The van der Waals surface area contributed by atoms with Crippen LogP contribution in [0.25, 0.3) is 5.65 Å². The average Bonchev–Trinajstić information content (AvgIpc) is 3.20. The van der Waals surface area contributed by atoms with Gasteiger partial charge in [-0.15, -0.1) is 0 Å². The molecule has 3 aromatic rings. The summed E-state index contributed by atoms with van der Waals surface area (Å²) in [6.07, 6.45) is 7.96. The van der Waals surface area contributed by atoms with Crippen LogP contribution in [0.5, 0.6) is 0 Å². The molecule has 0 saturated carbocycles. The summed E-state index contributed by atoms with van der Waals surface area (Å²) in [5.41, 5.74) is 6.08. The van der Waals surface area contributed by atoms with E-state index in [9.17, 15) is 4.79 Å². The molecule has 1 N–H and O–H groups in total. The summed E-state index contributed by atoms with van der Waals surface area (Å²) < 4.78 is 1.77. The number of amides is 1. The highest BCUT2D eigenvalue weighted by Gasteiger charge is 2.15. The number of hydrogen-bond donors (Lipinski definition) is 1. The monoisotopic (exact) mass is 320 g/mol. The predicted octanol–water partition coefficient (Wildman–Crippen LogP) is 2.50. The molecule has 2 aromatic heterocycles. The highest BCUT2D eigenvalue weighted by Crippen LogP contribution is 2.22. The lowest BCUT2D eigenvalue weighted by Gasteiger charge is -2.06. The van der Waals surface area contributed by atoms with Gasteiger partial charge in [0.05, 0.1) is 0 Å². The molecule has 1 aliphatic rings. The van der Waals surface area contributed by atoms with Gasteiger partial charge in [0.1, 0.15) is 6.33 Å². The van der Waals surface area contributed by atoms with E-state index >= 15 is 0 Å². The smallest absolute Gasteiger partial charge is 0.273 e. The van der Waals surface area contributed by atoms with Crippen molar-refractivity contribution in [3.63, 3.8) is 0 Å². The normalized spacial score (nSPS) is 13.2. The van der Waals surface area contributed by atoms with E-state index in [2.05, 4.69) is 33.5 Å². The lowest BCUT2D eigenvalue weighted by atomic mass is 10.0. The highest BCUT2D eigenvalue weighted by molar-refractivity contribution is 5.97. The number of hydrogen-bond acceptors (Lipinski definition) is 3. The molecule has 2 heterocycles. The number of nitrogens with one attached hydrogen (secondary N) is 1. The SMILES string of the molecule is Cc1ccn2cnc(C(=O)NCCc3ccc4c(c3)CCC4)c2n1. The Hall–Kier alpha value is -2.69. The molecule has 5 heteroatoms. The third kappa shape index (κ3) is 2.77. The van der Waals surface area contributed by atoms with Crippen LogP contribution in [0, 0.1) is 6.92 Å². The van der Waals surface area contributed by atoms with Gasteiger partial charge in [-0.1, -0.05) is 18.2 Å². The van der Waals surface area contributed by atoms with Crippen LogP contribution in [0.3, 0.4) is 0 Å². The highest BCUT2D eigenvalue weighted by atomic mass is 16.1. The number of nitrogens with zero attached hydrogens (tertiary/aromatic N) is 3. The van der Waals surface area contributed by atoms with E-state index in [1.165, 1.54) is 36.0 Å². The van der Waals surface area contributed by atoms with E-state index < -0.39 is 0 Å². The molecule has 5 nitrogen and oxygen atoms in total. The largest absolute Gasteiger partial charge is 0.350 e. The molecule has 1 aliphatic carbocycles. The number of imidazole rings is 1. The van der Waals surface area contributed by atoms with Gasteiger partial charge in [0.25, 0.3) is 5.91 Å². The molecule has 0 atom stereocenters. The van der Waals surface area contributed by atoms with Crippen LogP contribution in [0.1, 0.15) is 39.3 Å². The van der Waals surface area contributed by atoms with Gasteiger partial charge in [0, 0.05) is 18.4 Å². The maximum absolute atomic E-state index is 12.4. The number of aryl methyl sites for hydroxylation is 3. The number of carbonyl (C=O) groups excluding carboxylic acids is 1. The zero-order valence-corrected chi connectivity index (χ0v) is 13.7. The molecule has 0 spiro atoms. The summed E-state index contributed by atoms with van der Waals surface area (Å²) in [5.74, 6) is -0.170. The van der Waals surface area contributed by atoms with E-state index in [0.717, 1.165) is 12.1 Å². The lowest BCUT2D eigenvalue weighted by Crippen LogP contribution is -2.26. The minimum atomic E-state index is -0.170. The molecule has 1 aromatic carbocycles. The van der Waals surface area contributed by atoms with Gasteiger partial charge in [-0.2, -0.15) is 0 Å². The van der Waals surface area contributed by atoms with Crippen LogP contribution in [-0.4, -0.2) is 26.8 Å². The first-order valence-electron chi connectivity index (χ1n) is 8.40. The maximum atomic E-state index is 12.4. The minimum absolute atomic E-state index is 0.170. The molecule has 0 aliphatic heterocycles. The zero-order valence-electron chi connectivity index (χ0n) is 13.7. The fourth-order valence-electron chi connectivity index (χ4n) is 3.31. The van der Waals surface area contributed by atoms with Gasteiger partial charge in [-0.3, -0.25) is 9.20 Å². The van der Waals surface area contributed by atoms with Gasteiger partial charge >= 0.3 is 0 Å². The summed E-state index contributed by atoms with van der Waals surface area (Å²) in [7, 11) is 0. The first kappa shape index (κ1) is 14.9. The van der Waals surface area contributed by atoms with Crippen molar-refractivity contribution in [1.29, 1.82) is 0 Å². The van der Waals surface area contributed by atoms with Gasteiger partial charge in [-0.05, 0) is 55.4 Å². The fraction of sp³-hybridized carbons (Fsp3) is 0.316. The average molecular weight is 320 g/mol. The molecule has 0 saturated heterocycles. The Morgan fingerprint density at radius 2 is 2.12 bits per heavy atom. The van der Waals surface area contributed by atoms with Gasteiger partial charge in [0.15, 0.2) is 11.3 Å². The van der Waals surface area contributed by atoms with E-state index in [-0.39, 0.29) is 5.91 Å². The summed E-state index contributed by atoms with van der Waals surface area (Å²) in [6.45, 7) is 2.50. The molecule has 122 valence electrons. The first-order chi connectivity index (χ1) is 11.7. The van der Waals surface area contributed by atoms with Crippen LogP contribution in [0.15, 0.2) is 36.8 Å². The molecule has 0 fully saturated rings. The van der Waals surface area contributed by atoms with E-state index in [4.69, 9.17) is 0 Å². The number of rotatable bonds is 4. The van der Waals surface area contributed by atoms with Crippen molar-refractivity contribution in [1.82, 2.24) is 19.7 Å². The van der Waals surface area contributed by atoms with E-state index in [0.29, 0.717) is 17.9 Å². The molecular weight excluding hydrogens is 300 g/mol. The third-order valence-electron chi connectivity index (χ3n) is 4.60. The lowest BCUT2D eigenvalue weighted by molar-refractivity contribution is 0.0951. The van der Waals surface area contributed by atoms with Crippen molar-refractivity contribution in [2.45, 2.75) is 32.6 Å². The molecule has 0 unspecified atom stereocenters. The second-order valence-corrected chi connectivity index (χ2v) is 6.36. The second-order valence-electron chi connectivity index (χ2n) is 6.36. The molecule has 4 rings (SSSR count). The van der Waals surface area contributed by atoms with Gasteiger partial charge in [-0.25, -0.2) is 9.97 Å². The second kappa shape index (κ2) is 6.07. The quantitative estimate of drug-likeness (QED) is 0.803. The Morgan fingerprint density at radius 1 is 1.25 bits per heavy atom. The van der Waals surface area contributed by atoms with Crippen LogP contribution in [0.4, 0.5) is 0 Å². The number of fused-ring (bicyclic) bond motifs is 2. The Kier molecular flexibility index (Phi) is 3.76. The third-order valence-corrected chi connectivity index (χ3v) is 4.60. The maximum Gasteiger partial charge on any atom is 0.273 e. The number of carbonyl (C=O) groups is 1. The van der Waals surface area contributed by atoms with Crippen molar-refractivity contribution in [3.05, 3.63) is 64.9 Å². The molecule has 24 heavy (non-hydrogen) atoms. The molecule has 0 bridgehead atoms. The van der Waals surface area contributed by atoms with Crippen molar-refractivity contribution in [2.24, 2.45) is 0 Å². The van der Waals surface area contributed by atoms with Gasteiger partial charge < -0.3 is 5.32 Å². The summed E-state index contributed by atoms with van der Waals surface area (Å²) >= 11 is 0. The van der Waals surface area contributed by atoms with Crippen LogP contribution in [-0.2, 0) is 19.3 Å². The fourth-order valence-corrected chi connectivity index (χ4v) is 3.31. The predicted molar refractivity (Wildman–Crippen MR) is 92.2 cm³/mol. The molecule has 0 radical (unpaired) electrons. The van der Waals surface area contributed by atoms with Crippen molar-refractivity contribution >= 4 is 11.6 Å². The van der Waals surface area contributed by atoms with Crippen LogP contribution < -0.4 is 5.32 Å². The molecule has 1 amide bonds. The van der Waals surface area contributed by atoms with E-state index in [1.54, 1.807) is 10.7 Å². The van der Waals surface area contributed by atoms with Crippen molar-refractivity contribution < 1.29 is 4.79 Å². The Bertz CT molecular complexity index is 913. The number of aromatic nitrogens is 3. The Morgan fingerprint density at radius 3 is 3.04 bits per heavy atom. The van der Waals surface area contributed by atoms with E-state index in [1.807, 2.05) is 19.2 Å².